The lowest BCUT2D eigenvalue weighted by Crippen LogP contribution is -2.41. The van der Waals surface area contributed by atoms with Gasteiger partial charge in [-0.05, 0) is 82.4 Å². The third-order valence-electron chi connectivity index (χ3n) is 6.23. The summed E-state index contributed by atoms with van der Waals surface area (Å²) in [4.78, 5) is 15.4. The van der Waals surface area contributed by atoms with Crippen molar-refractivity contribution in [2.75, 3.05) is 19.6 Å². The van der Waals surface area contributed by atoms with Gasteiger partial charge in [-0.3, -0.25) is 9.69 Å². The molecule has 7 heteroatoms. The first-order valence-electron chi connectivity index (χ1n) is 10.6. The van der Waals surface area contributed by atoms with Crippen LogP contribution in [0, 0.1) is 26.7 Å². The Morgan fingerprint density at radius 2 is 1.90 bits per heavy atom. The third kappa shape index (κ3) is 4.94. The monoisotopic (exact) mass is 464 g/mol. The Morgan fingerprint density at radius 3 is 2.55 bits per heavy atom. The van der Waals surface area contributed by atoms with Gasteiger partial charge in [-0.25, -0.2) is 0 Å². The SMILES string of the molecule is Cc1ccc(C(CNC(=O)c2oc3cc(C)c(Cl)cc3c2C)N2CCC(C)CC2)o1.Cl. The molecule has 1 aliphatic heterocycles. The highest BCUT2D eigenvalue weighted by Crippen LogP contribution is 2.31. The lowest BCUT2D eigenvalue weighted by Gasteiger charge is -2.35. The van der Waals surface area contributed by atoms with Crippen LogP contribution in [0.4, 0.5) is 0 Å². The summed E-state index contributed by atoms with van der Waals surface area (Å²) in [7, 11) is 0. The molecule has 1 N–H and O–H groups in total. The molecule has 1 aromatic carbocycles. The minimum Gasteiger partial charge on any atom is -0.465 e. The molecular weight excluding hydrogens is 435 g/mol. The first kappa shape index (κ1) is 23.7. The van der Waals surface area contributed by atoms with E-state index in [9.17, 15) is 4.79 Å². The summed E-state index contributed by atoms with van der Waals surface area (Å²) >= 11 is 6.26. The number of benzene rings is 1. The molecule has 1 saturated heterocycles. The molecule has 3 aromatic rings. The Kier molecular flexibility index (Phi) is 7.40. The number of piperidine rings is 1. The standard InChI is InChI=1S/C24H29ClN2O3.ClH/c1-14-7-9-27(10-8-14)20(21-6-5-16(3)29-21)13-26-24(28)23-17(4)18-12-19(25)15(2)11-22(18)30-23;/h5-6,11-12,14,20H,7-10,13H2,1-4H3,(H,26,28);1H. The van der Waals surface area contributed by atoms with Gasteiger partial charge < -0.3 is 14.2 Å². The summed E-state index contributed by atoms with van der Waals surface area (Å²) in [5.41, 5.74) is 2.42. The van der Waals surface area contributed by atoms with E-state index in [-0.39, 0.29) is 24.4 Å². The molecule has 0 radical (unpaired) electrons. The van der Waals surface area contributed by atoms with Crippen molar-refractivity contribution in [3.63, 3.8) is 0 Å². The molecule has 0 saturated carbocycles. The molecule has 0 aliphatic carbocycles. The molecule has 4 rings (SSSR count). The molecule has 2 aromatic heterocycles. The number of aryl methyl sites for hydroxylation is 3. The van der Waals surface area contributed by atoms with Gasteiger partial charge >= 0.3 is 0 Å². The highest BCUT2D eigenvalue weighted by molar-refractivity contribution is 6.32. The zero-order valence-corrected chi connectivity index (χ0v) is 20.0. The zero-order valence-electron chi connectivity index (χ0n) is 18.5. The molecule has 1 aliphatic rings. The van der Waals surface area contributed by atoms with Gasteiger partial charge in [0.05, 0.1) is 6.04 Å². The topological polar surface area (TPSA) is 58.6 Å². The van der Waals surface area contributed by atoms with Crippen molar-refractivity contribution < 1.29 is 13.6 Å². The van der Waals surface area contributed by atoms with Gasteiger partial charge in [0.25, 0.3) is 5.91 Å². The maximum Gasteiger partial charge on any atom is 0.287 e. The average molecular weight is 465 g/mol. The highest BCUT2D eigenvalue weighted by atomic mass is 35.5. The van der Waals surface area contributed by atoms with Crippen molar-refractivity contribution >= 4 is 40.9 Å². The third-order valence-corrected chi connectivity index (χ3v) is 6.64. The van der Waals surface area contributed by atoms with Crippen molar-refractivity contribution in [2.24, 2.45) is 5.92 Å². The van der Waals surface area contributed by atoms with Crippen molar-refractivity contribution in [1.82, 2.24) is 10.2 Å². The summed E-state index contributed by atoms with van der Waals surface area (Å²) < 4.78 is 11.8. The normalized spacial score (nSPS) is 16.3. The van der Waals surface area contributed by atoms with Crippen LogP contribution in [0.15, 0.2) is 33.1 Å². The fourth-order valence-electron chi connectivity index (χ4n) is 4.21. The number of nitrogens with one attached hydrogen (secondary N) is 1. The van der Waals surface area contributed by atoms with Gasteiger partial charge in [0.2, 0.25) is 0 Å². The van der Waals surface area contributed by atoms with Gasteiger partial charge in [-0.2, -0.15) is 0 Å². The fraction of sp³-hybridized carbons (Fsp3) is 0.458. The van der Waals surface area contributed by atoms with Crippen molar-refractivity contribution in [3.05, 3.63) is 57.7 Å². The number of furan rings is 2. The van der Waals surface area contributed by atoms with Crippen molar-refractivity contribution in [2.45, 2.75) is 46.6 Å². The molecule has 0 spiro atoms. The molecule has 3 heterocycles. The first-order valence-corrected chi connectivity index (χ1v) is 11.0. The van der Waals surface area contributed by atoms with Crippen LogP contribution in [0.5, 0.6) is 0 Å². The molecule has 1 amide bonds. The Bertz CT molecular complexity index is 1060. The number of likely N-dealkylation sites (tertiary alicyclic amines) is 1. The van der Waals surface area contributed by atoms with E-state index in [1.54, 1.807) is 0 Å². The molecule has 1 fully saturated rings. The molecule has 1 unspecified atom stereocenters. The van der Waals surface area contributed by atoms with Crippen LogP contribution in [0.1, 0.15) is 59.0 Å². The molecular formula is C24H30Cl2N2O3. The average Bonchev–Trinajstić information content (AvgIpc) is 3.27. The van der Waals surface area contributed by atoms with Gasteiger partial charge in [0.1, 0.15) is 17.1 Å². The van der Waals surface area contributed by atoms with Crippen LogP contribution in [0.25, 0.3) is 11.0 Å². The summed E-state index contributed by atoms with van der Waals surface area (Å²) in [6, 6.07) is 7.75. The van der Waals surface area contributed by atoms with Crippen molar-refractivity contribution in [1.29, 1.82) is 0 Å². The van der Waals surface area contributed by atoms with Crippen LogP contribution < -0.4 is 5.32 Å². The molecule has 5 nitrogen and oxygen atoms in total. The van der Waals surface area contributed by atoms with Gasteiger partial charge in [-0.15, -0.1) is 12.4 Å². The quantitative estimate of drug-likeness (QED) is 0.485. The largest absolute Gasteiger partial charge is 0.465 e. The van der Waals surface area contributed by atoms with E-state index in [4.69, 9.17) is 20.4 Å². The van der Waals surface area contributed by atoms with Gasteiger partial charge in [0, 0.05) is 22.5 Å². The van der Waals surface area contributed by atoms with E-state index < -0.39 is 0 Å². The number of hydrogen-bond acceptors (Lipinski definition) is 4. The smallest absolute Gasteiger partial charge is 0.287 e. The molecule has 168 valence electrons. The minimum absolute atomic E-state index is 0. The molecule has 1 atom stereocenters. The van der Waals surface area contributed by atoms with Crippen LogP contribution in [0.3, 0.4) is 0 Å². The second kappa shape index (κ2) is 9.68. The predicted molar refractivity (Wildman–Crippen MR) is 126 cm³/mol. The fourth-order valence-corrected chi connectivity index (χ4v) is 4.37. The highest BCUT2D eigenvalue weighted by Gasteiger charge is 2.28. The summed E-state index contributed by atoms with van der Waals surface area (Å²) in [6.07, 6.45) is 2.32. The Hall–Kier alpha value is -1.95. The minimum atomic E-state index is -0.212. The Balaban J connectivity index is 0.00000272. The van der Waals surface area contributed by atoms with Crippen molar-refractivity contribution in [3.8, 4) is 0 Å². The lowest BCUT2D eigenvalue weighted by molar-refractivity contribution is 0.0871. The first-order chi connectivity index (χ1) is 14.3. The summed E-state index contributed by atoms with van der Waals surface area (Å²) in [6.45, 7) is 10.5. The van der Waals surface area contributed by atoms with E-state index in [1.807, 2.05) is 45.0 Å². The maximum absolute atomic E-state index is 13.0. The van der Waals surface area contributed by atoms with Gasteiger partial charge in [0.15, 0.2) is 5.76 Å². The number of rotatable bonds is 5. The van der Waals surface area contributed by atoms with Crippen LogP contribution >= 0.6 is 24.0 Å². The van der Waals surface area contributed by atoms with Crippen LogP contribution in [-0.2, 0) is 0 Å². The summed E-state index contributed by atoms with van der Waals surface area (Å²) in [5.74, 6) is 2.64. The van der Waals surface area contributed by atoms with E-state index in [1.165, 1.54) is 0 Å². The van der Waals surface area contributed by atoms with Crippen LogP contribution in [-0.4, -0.2) is 30.4 Å². The van der Waals surface area contributed by atoms with E-state index in [0.717, 1.165) is 59.9 Å². The lowest BCUT2D eigenvalue weighted by atomic mass is 9.97. The predicted octanol–water partition coefficient (Wildman–Crippen LogP) is 6.23. The molecule has 31 heavy (non-hydrogen) atoms. The number of fused-ring (bicyclic) bond motifs is 1. The number of amides is 1. The van der Waals surface area contributed by atoms with Gasteiger partial charge in [-0.1, -0.05) is 18.5 Å². The van der Waals surface area contributed by atoms with E-state index in [0.29, 0.717) is 22.9 Å². The van der Waals surface area contributed by atoms with Crippen LogP contribution in [0.2, 0.25) is 5.02 Å². The van der Waals surface area contributed by atoms with E-state index in [2.05, 4.69) is 17.1 Å². The molecule has 0 bridgehead atoms. The summed E-state index contributed by atoms with van der Waals surface area (Å²) in [5, 5.41) is 4.63. The number of nitrogens with zero attached hydrogens (tertiary/aromatic N) is 1. The maximum atomic E-state index is 13.0. The number of carbonyl (C=O) groups is 1. The Morgan fingerprint density at radius 1 is 1.19 bits per heavy atom. The number of carbonyl (C=O) groups excluding carboxylic acids is 1. The van der Waals surface area contributed by atoms with E-state index >= 15 is 0 Å². The second-order valence-corrected chi connectivity index (χ2v) is 8.95. The zero-order chi connectivity index (χ0) is 21.4. The number of hydrogen-bond donors (Lipinski definition) is 1. The second-order valence-electron chi connectivity index (χ2n) is 8.55. The number of halogens is 2. The Labute approximate surface area is 194 Å².